The molecule has 2 aromatic carbocycles. The predicted octanol–water partition coefficient (Wildman–Crippen LogP) is 2.86. The molecular formula is C22H22N2O5. The van der Waals surface area contributed by atoms with Crippen molar-refractivity contribution in [2.24, 2.45) is 5.92 Å². The molecule has 0 radical (unpaired) electrons. The van der Waals surface area contributed by atoms with Gasteiger partial charge in [-0.2, -0.15) is 0 Å². The van der Waals surface area contributed by atoms with E-state index in [1.807, 2.05) is 48.5 Å². The van der Waals surface area contributed by atoms with Crippen molar-refractivity contribution < 1.29 is 23.9 Å². The number of rotatable bonds is 6. The third kappa shape index (κ3) is 4.18. The summed E-state index contributed by atoms with van der Waals surface area (Å²) < 4.78 is 9.52. The second kappa shape index (κ2) is 8.68. The highest BCUT2D eigenvalue weighted by Crippen LogP contribution is 2.26. The molecule has 0 aliphatic rings. The molecule has 0 aliphatic heterocycles. The number of para-hydroxylation sites is 2. The Balaban J connectivity index is 2.04. The van der Waals surface area contributed by atoms with Crippen LogP contribution in [0, 0.1) is 5.92 Å². The molecular weight excluding hydrogens is 372 g/mol. The summed E-state index contributed by atoms with van der Waals surface area (Å²) in [5, 5.41) is 4.10. The first-order chi connectivity index (χ1) is 14.0. The van der Waals surface area contributed by atoms with E-state index in [0.29, 0.717) is 27.4 Å². The van der Waals surface area contributed by atoms with Crippen LogP contribution in [0.3, 0.4) is 0 Å². The summed E-state index contributed by atoms with van der Waals surface area (Å²) in [6.07, 6.45) is -0.0333. The van der Waals surface area contributed by atoms with Crippen molar-refractivity contribution in [3.63, 3.8) is 0 Å². The van der Waals surface area contributed by atoms with Crippen molar-refractivity contribution in [2.75, 3.05) is 14.2 Å². The summed E-state index contributed by atoms with van der Waals surface area (Å²) in [6.45, 7) is 1.68. The number of nitrogens with one attached hydrogen (secondary N) is 1. The predicted molar refractivity (Wildman–Crippen MR) is 108 cm³/mol. The van der Waals surface area contributed by atoms with Crippen LogP contribution in [-0.4, -0.2) is 43.1 Å². The first kappa shape index (κ1) is 20.3. The highest BCUT2D eigenvalue weighted by atomic mass is 16.5. The zero-order valence-electron chi connectivity index (χ0n) is 16.5. The normalized spacial score (nSPS) is 12.9. The molecule has 1 N–H and O–H groups in total. The van der Waals surface area contributed by atoms with E-state index in [1.165, 1.54) is 14.2 Å². The molecule has 3 rings (SSSR count). The number of carbonyl (C=O) groups is 3. The van der Waals surface area contributed by atoms with Gasteiger partial charge < -0.3 is 14.8 Å². The van der Waals surface area contributed by atoms with Crippen molar-refractivity contribution >= 4 is 39.7 Å². The molecule has 29 heavy (non-hydrogen) atoms. The van der Waals surface area contributed by atoms with Crippen LogP contribution in [0.15, 0.2) is 48.5 Å². The molecule has 0 fully saturated rings. The number of pyridine rings is 1. The van der Waals surface area contributed by atoms with E-state index in [4.69, 9.17) is 4.74 Å². The maximum Gasteiger partial charge on any atom is 0.328 e. The first-order valence-corrected chi connectivity index (χ1v) is 9.19. The molecule has 0 spiro atoms. The smallest absolute Gasteiger partial charge is 0.328 e. The topological polar surface area (TPSA) is 94.6 Å². The zero-order valence-corrected chi connectivity index (χ0v) is 16.5. The summed E-state index contributed by atoms with van der Waals surface area (Å²) in [5.74, 6) is -2.05. The number of aromatic nitrogens is 1. The summed E-state index contributed by atoms with van der Waals surface area (Å²) in [6, 6.07) is 13.6. The minimum absolute atomic E-state index is 0.0333. The van der Waals surface area contributed by atoms with Crippen LogP contribution in [0.1, 0.15) is 23.7 Å². The fourth-order valence-corrected chi connectivity index (χ4v) is 3.32. The van der Waals surface area contributed by atoms with Crippen LogP contribution < -0.4 is 5.32 Å². The van der Waals surface area contributed by atoms with Crippen LogP contribution >= 0.6 is 0 Å². The van der Waals surface area contributed by atoms with Crippen molar-refractivity contribution in [1.29, 1.82) is 0 Å². The molecule has 0 saturated carbocycles. The van der Waals surface area contributed by atoms with E-state index < -0.39 is 29.8 Å². The lowest BCUT2D eigenvalue weighted by Crippen LogP contribution is -2.46. The molecule has 7 heteroatoms. The van der Waals surface area contributed by atoms with E-state index >= 15 is 0 Å². The monoisotopic (exact) mass is 394 g/mol. The van der Waals surface area contributed by atoms with Gasteiger partial charge in [-0.05, 0) is 18.1 Å². The van der Waals surface area contributed by atoms with E-state index in [0.717, 1.165) is 0 Å². The number of amides is 1. The Morgan fingerprint density at radius 2 is 1.48 bits per heavy atom. The number of carbonyl (C=O) groups excluding carboxylic acids is 3. The lowest BCUT2D eigenvalue weighted by molar-refractivity contribution is -0.146. The van der Waals surface area contributed by atoms with Crippen LogP contribution in [0.2, 0.25) is 0 Å². The zero-order chi connectivity index (χ0) is 21.0. The Morgan fingerprint density at radius 1 is 0.931 bits per heavy atom. The molecule has 150 valence electrons. The number of nitrogens with zero attached hydrogens (tertiary/aromatic N) is 1. The molecule has 1 aromatic heterocycles. The van der Waals surface area contributed by atoms with Gasteiger partial charge in [0, 0.05) is 10.8 Å². The van der Waals surface area contributed by atoms with Crippen LogP contribution in [-0.2, 0) is 19.1 Å². The molecule has 0 aliphatic carbocycles. The highest BCUT2D eigenvalue weighted by Gasteiger charge is 2.31. The van der Waals surface area contributed by atoms with Crippen LogP contribution in [0.5, 0.6) is 0 Å². The third-order valence-corrected chi connectivity index (χ3v) is 4.84. The van der Waals surface area contributed by atoms with Crippen LogP contribution in [0.4, 0.5) is 0 Å². The van der Waals surface area contributed by atoms with Gasteiger partial charge in [0.25, 0.3) is 5.91 Å². The average molecular weight is 394 g/mol. The fourth-order valence-electron chi connectivity index (χ4n) is 3.32. The Bertz CT molecular complexity index is 1030. The van der Waals surface area contributed by atoms with Crippen molar-refractivity contribution in [3.05, 3.63) is 54.1 Å². The Kier molecular flexibility index (Phi) is 6.07. The standard InChI is InChI=1S/C22H22N2O5/c1-13(12-18(25)28-2)20(22(27)29-3)24-21(26)19-14-8-4-6-10-16(14)23-17-11-7-5-9-15(17)19/h4-11,13,20H,12H2,1-3H3,(H,24,26)/t13-,20-/m1/s1. The Morgan fingerprint density at radius 3 is 2.00 bits per heavy atom. The van der Waals surface area contributed by atoms with Gasteiger partial charge in [0.1, 0.15) is 6.04 Å². The largest absolute Gasteiger partial charge is 0.469 e. The van der Waals surface area contributed by atoms with Gasteiger partial charge in [-0.25, -0.2) is 9.78 Å². The van der Waals surface area contributed by atoms with E-state index in [1.54, 1.807) is 6.92 Å². The Labute approximate surface area is 168 Å². The van der Waals surface area contributed by atoms with Crippen molar-refractivity contribution in [1.82, 2.24) is 10.3 Å². The van der Waals surface area contributed by atoms with Gasteiger partial charge >= 0.3 is 11.9 Å². The summed E-state index contributed by atoms with van der Waals surface area (Å²) >= 11 is 0. The minimum atomic E-state index is -1.00. The number of fused-ring (bicyclic) bond motifs is 2. The van der Waals surface area contributed by atoms with Gasteiger partial charge in [-0.1, -0.05) is 43.3 Å². The molecule has 0 bridgehead atoms. The fraction of sp³-hybridized carbons (Fsp3) is 0.273. The van der Waals surface area contributed by atoms with Gasteiger partial charge in [0.2, 0.25) is 0 Å². The number of methoxy groups -OCH3 is 2. The van der Waals surface area contributed by atoms with E-state index in [-0.39, 0.29) is 6.42 Å². The molecule has 3 aromatic rings. The number of benzene rings is 2. The maximum absolute atomic E-state index is 13.3. The number of hydrogen-bond acceptors (Lipinski definition) is 6. The second-order valence-corrected chi connectivity index (χ2v) is 6.75. The summed E-state index contributed by atoms with van der Waals surface area (Å²) in [4.78, 5) is 41.9. The van der Waals surface area contributed by atoms with Gasteiger partial charge in [-0.15, -0.1) is 0 Å². The van der Waals surface area contributed by atoms with Crippen molar-refractivity contribution in [3.8, 4) is 0 Å². The summed E-state index contributed by atoms with van der Waals surface area (Å²) in [7, 11) is 2.51. The average Bonchev–Trinajstić information content (AvgIpc) is 2.74. The van der Waals surface area contributed by atoms with E-state index in [2.05, 4.69) is 15.0 Å². The second-order valence-electron chi connectivity index (χ2n) is 6.75. The lowest BCUT2D eigenvalue weighted by Gasteiger charge is -2.23. The SMILES string of the molecule is COC(=O)C[C@@H](C)[C@@H](NC(=O)c1c2ccccc2nc2ccccc12)C(=O)OC. The summed E-state index contributed by atoms with van der Waals surface area (Å²) in [5.41, 5.74) is 1.77. The van der Waals surface area contributed by atoms with Gasteiger partial charge in [0.05, 0.1) is 37.2 Å². The molecule has 7 nitrogen and oxygen atoms in total. The molecule has 1 amide bonds. The molecule has 1 heterocycles. The van der Waals surface area contributed by atoms with Gasteiger partial charge in [-0.3, -0.25) is 9.59 Å². The maximum atomic E-state index is 13.3. The van der Waals surface area contributed by atoms with Crippen LogP contribution in [0.25, 0.3) is 21.8 Å². The molecule has 2 atom stereocenters. The van der Waals surface area contributed by atoms with Crippen molar-refractivity contribution in [2.45, 2.75) is 19.4 Å². The number of hydrogen-bond donors (Lipinski definition) is 1. The third-order valence-electron chi connectivity index (χ3n) is 4.84. The number of ether oxygens (including phenoxy) is 2. The number of esters is 2. The quantitative estimate of drug-likeness (QED) is 0.510. The van der Waals surface area contributed by atoms with E-state index in [9.17, 15) is 14.4 Å². The minimum Gasteiger partial charge on any atom is -0.469 e. The molecule has 0 saturated heterocycles. The highest BCUT2D eigenvalue weighted by molar-refractivity contribution is 6.16. The first-order valence-electron chi connectivity index (χ1n) is 9.19. The van der Waals surface area contributed by atoms with Gasteiger partial charge in [0.15, 0.2) is 0 Å². The Hall–Kier alpha value is -3.48. The molecule has 0 unspecified atom stereocenters. The lowest BCUT2D eigenvalue weighted by atomic mass is 9.96.